The van der Waals surface area contributed by atoms with E-state index < -0.39 is 5.79 Å². The van der Waals surface area contributed by atoms with Crippen molar-refractivity contribution in [1.29, 1.82) is 0 Å². The summed E-state index contributed by atoms with van der Waals surface area (Å²) >= 11 is 0. The highest BCUT2D eigenvalue weighted by atomic mass is 16.7. The van der Waals surface area contributed by atoms with Gasteiger partial charge in [0.15, 0.2) is 0 Å². The van der Waals surface area contributed by atoms with E-state index in [4.69, 9.17) is 14.2 Å². The number of nitrogens with zero attached hydrogens (tertiary/aromatic N) is 2. The molecule has 0 amide bonds. The lowest BCUT2D eigenvalue weighted by Crippen LogP contribution is -2.39. The highest BCUT2D eigenvalue weighted by molar-refractivity contribution is 5.76. The van der Waals surface area contributed by atoms with Gasteiger partial charge in [0.05, 0.1) is 19.3 Å². The largest absolute Gasteiger partial charge is 0.448 e. The van der Waals surface area contributed by atoms with Crippen LogP contribution < -0.4 is 0 Å². The van der Waals surface area contributed by atoms with Crippen LogP contribution in [0.2, 0.25) is 0 Å². The Kier molecular flexibility index (Phi) is 3.89. The van der Waals surface area contributed by atoms with Gasteiger partial charge >= 0.3 is 0 Å². The third-order valence-electron chi connectivity index (χ3n) is 3.07. The first-order valence-electron chi connectivity index (χ1n) is 6.27. The molecule has 0 aromatic rings. The number of hydrazone groups is 1. The second-order valence-corrected chi connectivity index (χ2v) is 5.01. The molecule has 17 heavy (non-hydrogen) atoms. The average Bonchev–Trinajstić information content (AvgIpc) is 2.65. The lowest BCUT2D eigenvalue weighted by atomic mass is 10.2. The Balaban J connectivity index is 1.98. The van der Waals surface area contributed by atoms with E-state index in [9.17, 15) is 0 Å². The van der Waals surface area contributed by atoms with Gasteiger partial charge in [-0.05, 0) is 12.8 Å². The summed E-state index contributed by atoms with van der Waals surface area (Å²) in [6.45, 7) is 6.23. The molecule has 2 aliphatic rings. The second-order valence-electron chi connectivity index (χ2n) is 5.01. The zero-order valence-electron chi connectivity index (χ0n) is 10.9. The predicted molar refractivity (Wildman–Crippen MR) is 64.8 cm³/mol. The smallest absolute Gasteiger partial charge is 0.211 e. The Bertz CT molecular complexity index is 291. The number of hydrogen-bond acceptors (Lipinski definition) is 5. The minimum absolute atomic E-state index is 0.391. The molecule has 0 N–H and O–H groups in total. The molecule has 5 heteroatoms. The van der Waals surface area contributed by atoms with Crippen LogP contribution in [-0.2, 0) is 14.2 Å². The van der Waals surface area contributed by atoms with Gasteiger partial charge in [-0.1, -0.05) is 0 Å². The van der Waals surface area contributed by atoms with Gasteiger partial charge in [0.25, 0.3) is 0 Å². The third-order valence-corrected chi connectivity index (χ3v) is 3.07. The molecule has 98 valence electrons. The maximum Gasteiger partial charge on any atom is 0.211 e. The lowest BCUT2D eigenvalue weighted by molar-refractivity contribution is -0.183. The van der Waals surface area contributed by atoms with E-state index in [1.165, 1.54) is 6.42 Å². The van der Waals surface area contributed by atoms with E-state index in [0.717, 1.165) is 31.9 Å². The van der Waals surface area contributed by atoms with Gasteiger partial charge < -0.3 is 14.2 Å². The summed E-state index contributed by atoms with van der Waals surface area (Å²) in [5.41, 5.74) is 0. The summed E-state index contributed by atoms with van der Waals surface area (Å²) in [4.78, 5) is 0. The van der Waals surface area contributed by atoms with Crippen molar-refractivity contribution in [3.8, 4) is 0 Å². The molecule has 0 spiro atoms. The van der Waals surface area contributed by atoms with E-state index in [2.05, 4.69) is 10.1 Å². The van der Waals surface area contributed by atoms with Gasteiger partial charge in [0.2, 0.25) is 11.7 Å². The minimum atomic E-state index is -0.548. The summed E-state index contributed by atoms with van der Waals surface area (Å²) < 4.78 is 16.4. The Hall–Kier alpha value is -0.810. The molecule has 0 aromatic carbocycles. The summed E-state index contributed by atoms with van der Waals surface area (Å²) in [6, 6.07) is 0.391. The van der Waals surface area contributed by atoms with Crippen molar-refractivity contribution in [3.63, 3.8) is 0 Å². The number of hydrogen-bond donors (Lipinski definition) is 0. The van der Waals surface area contributed by atoms with Gasteiger partial charge in [0.1, 0.15) is 0 Å². The normalized spacial score (nSPS) is 30.6. The molecule has 0 bridgehead atoms. The molecule has 0 aromatic heterocycles. The van der Waals surface area contributed by atoms with Crippen LogP contribution in [0.5, 0.6) is 0 Å². The van der Waals surface area contributed by atoms with Crippen molar-refractivity contribution >= 4 is 5.90 Å². The van der Waals surface area contributed by atoms with E-state index in [1.54, 1.807) is 7.11 Å². The lowest BCUT2D eigenvalue weighted by Gasteiger charge is -2.33. The van der Waals surface area contributed by atoms with Crippen LogP contribution >= 0.6 is 0 Å². The van der Waals surface area contributed by atoms with E-state index in [1.807, 2.05) is 13.8 Å². The van der Waals surface area contributed by atoms with Crippen molar-refractivity contribution < 1.29 is 14.2 Å². The van der Waals surface area contributed by atoms with Gasteiger partial charge in [-0.3, -0.25) is 5.01 Å². The van der Waals surface area contributed by atoms with Gasteiger partial charge in [0, 0.05) is 33.9 Å². The standard InChI is InChI=1S/C12H22N2O3/c1-12(2)16-8-6-11(17-12)13-14-7-4-5-10(14)9-15-3/h10H,4-9H2,1-3H3/b13-11+/t10-/m0/s1. The topological polar surface area (TPSA) is 43.3 Å². The maximum atomic E-state index is 5.71. The van der Waals surface area contributed by atoms with E-state index in [-0.39, 0.29) is 0 Å². The fourth-order valence-electron chi connectivity index (χ4n) is 2.28. The first-order valence-corrected chi connectivity index (χ1v) is 6.27. The second kappa shape index (κ2) is 5.23. The van der Waals surface area contributed by atoms with E-state index in [0.29, 0.717) is 12.6 Å². The molecular formula is C12H22N2O3. The number of rotatable bonds is 3. The van der Waals surface area contributed by atoms with Crippen molar-refractivity contribution in [2.75, 3.05) is 26.9 Å². The van der Waals surface area contributed by atoms with Gasteiger partial charge in [-0.25, -0.2) is 0 Å². The molecule has 1 atom stereocenters. The van der Waals surface area contributed by atoms with Gasteiger partial charge in [-0.15, -0.1) is 5.10 Å². The van der Waals surface area contributed by atoms with Crippen LogP contribution in [0.4, 0.5) is 0 Å². The summed E-state index contributed by atoms with van der Waals surface area (Å²) in [5, 5.41) is 6.70. The first kappa shape index (κ1) is 12.6. The van der Waals surface area contributed by atoms with Crippen LogP contribution in [0.3, 0.4) is 0 Å². The highest BCUT2D eigenvalue weighted by Crippen LogP contribution is 2.22. The molecule has 0 radical (unpaired) electrons. The molecule has 2 rings (SSSR count). The first-order chi connectivity index (χ1) is 8.11. The van der Waals surface area contributed by atoms with Crippen molar-refractivity contribution in [1.82, 2.24) is 5.01 Å². The van der Waals surface area contributed by atoms with Crippen LogP contribution in [-0.4, -0.2) is 49.6 Å². The van der Waals surface area contributed by atoms with E-state index >= 15 is 0 Å². The van der Waals surface area contributed by atoms with Crippen LogP contribution in [0, 0.1) is 0 Å². The van der Waals surface area contributed by atoms with Crippen molar-refractivity contribution in [2.45, 2.75) is 44.9 Å². The molecule has 0 unspecified atom stereocenters. The van der Waals surface area contributed by atoms with Gasteiger partial charge in [-0.2, -0.15) is 0 Å². The molecule has 5 nitrogen and oxygen atoms in total. The molecule has 0 aliphatic carbocycles. The van der Waals surface area contributed by atoms with Crippen LogP contribution in [0.15, 0.2) is 5.10 Å². The Morgan fingerprint density at radius 2 is 2.35 bits per heavy atom. The van der Waals surface area contributed by atoms with Crippen LogP contribution in [0.1, 0.15) is 33.1 Å². The fraction of sp³-hybridized carbons (Fsp3) is 0.917. The molecule has 2 aliphatic heterocycles. The highest BCUT2D eigenvalue weighted by Gasteiger charge is 2.29. The minimum Gasteiger partial charge on any atom is -0.448 e. The monoisotopic (exact) mass is 242 g/mol. The summed E-state index contributed by atoms with van der Waals surface area (Å²) in [6.07, 6.45) is 3.06. The predicted octanol–water partition coefficient (Wildman–Crippen LogP) is 1.58. The fourth-order valence-corrected chi connectivity index (χ4v) is 2.28. The van der Waals surface area contributed by atoms with Crippen molar-refractivity contribution in [2.24, 2.45) is 5.10 Å². The average molecular weight is 242 g/mol. The maximum absolute atomic E-state index is 5.71. The Morgan fingerprint density at radius 1 is 1.53 bits per heavy atom. The van der Waals surface area contributed by atoms with Crippen LogP contribution in [0.25, 0.3) is 0 Å². The quantitative estimate of drug-likeness (QED) is 0.753. The molecular weight excluding hydrogens is 220 g/mol. The molecule has 0 saturated carbocycles. The molecule has 2 saturated heterocycles. The SMILES string of the molecule is COC[C@@H]1CCCN1/N=C1\CCOC(C)(C)O1. The Morgan fingerprint density at radius 3 is 3.06 bits per heavy atom. The van der Waals surface area contributed by atoms with Crippen molar-refractivity contribution in [3.05, 3.63) is 0 Å². The Labute approximate surface area is 103 Å². The third kappa shape index (κ3) is 3.33. The number of ether oxygens (including phenoxy) is 3. The molecule has 2 heterocycles. The zero-order valence-corrected chi connectivity index (χ0v) is 10.9. The zero-order chi connectivity index (χ0) is 12.3. The molecule has 2 fully saturated rings. The number of methoxy groups -OCH3 is 1. The summed E-state index contributed by atoms with van der Waals surface area (Å²) in [5.74, 6) is 0.234. The summed E-state index contributed by atoms with van der Waals surface area (Å²) in [7, 11) is 1.73.